The Bertz CT molecular complexity index is 4140. The Labute approximate surface area is 489 Å². The molecule has 3 N–H and O–H groups in total. The van der Waals surface area contributed by atoms with Crippen LogP contribution in [0, 0.1) is 27.7 Å². The molecule has 0 spiro atoms. The third kappa shape index (κ3) is 11.8. The molecule has 0 unspecified atom stereocenters. The smallest absolute Gasteiger partial charge is 0.288 e. The van der Waals surface area contributed by atoms with Gasteiger partial charge in [-0.15, -0.1) is 0 Å². The molecule has 2 amide bonds. The number of nitrogens with one attached hydrogen (secondary N) is 3. The van der Waals surface area contributed by atoms with Gasteiger partial charge in [0.1, 0.15) is 23.9 Å². The van der Waals surface area contributed by atoms with E-state index in [1.165, 1.54) is 10.9 Å². The van der Waals surface area contributed by atoms with Crippen LogP contribution in [0.25, 0.3) is 75.8 Å². The van der Waals surface area contributed by atoms with Crippen molar-refractivity contribution in [1.82, 2.24) is 20.2 Å². The van der Waals surface area contributed by atoms with Gasteiger partial charge in [-0.3, -0.25) is 9.59 Å². The first-order chi connectivity index (χ1) is 38.5. The number of carbonyl (C=O) groups excluding carboxylic acids is 2. The fourth-order valence-electron chi connectivity index (χ4n) is 11.4. The molecule has 414 valence electrons. The number of H-pyrrole nitrogens is 2. The number of carbonyl (C=O) groups is 2. The summed E-state index contributed by atoms with van der Waals surface area (Å²) in [5, 5.41) is 12.9. The number of aryl methyl sites for hydroxylation is 4. The lowest BCUT2D eigenvalue weighted by Crippen LogP contribution is -3.00. The second kappa shape index (κ2) is 25.1. The van der Waals surface area contributed by atoms with Crippen LogP contribution in [0.1, 0.15) is 58.2 Å². The summed E-state index contributed by atoms with van der Waals surface area (Å²) in [7, 11) is 3.38. The lowest BCUT2D eigenvalue weighted by atomic mass is 9.95. The van der Waals surface area contributed by atoms with Crippen LogP contribution in [0.5, 0.6) is 17.2 Å². The second-order valence-electron chi connectivity index (χ2n) is 20.5. The molecule has 4 aromatic heterocycles. The van der Waals surface area contributed by atoms with Crippen molar-refractivity contribution < 1.29 is 57.7 Å². The Morgan fingerprint density at radius 1 is 0.543 bits per heavy atom. The van der Waals surface area contributed by atoms with Gasteiger partial charge in [0, 0.05) is 74.1 Å². The molecular formula is C67H65Cl3N6O5. The second-order valence-corrected chi connectivity index (χ2v) is 20.9. The summed E-state index contributed by atoms with van der Waals surface area (Å²) < 4.78 is 21.5. The van der Waals surface area contributed by atoms with Gasteiger partial charge in [-0.1, -0.05) is 84.4 Å². The molecule has 0 radical (unpaired) electrons. The van der Waals surface area contributed by atoms with Gasteiger partial charge in [0.2, 0.25) is 13.1 Å². The summed E-state index contributed by atoms with van der Waals surface area (Å²) >= 11 is 7.13. The fourth-order valence-corrected chi connectivity index (χ4v) is 11.8. The minimum absolute atomic E-state index is 0. The number of benzene rings is 7. The predicted molar refractivity (Wildman–Crippen MR) is 319 cm³/mol. The summed E-state index contributed by atoms with van der Waals surface area (Å²) in [6.07, 6.45) is 10.5. The molecule has 0 aliphatic carbocycles. The standard InChI is InChI=1S/C67H63ClN6O5.2ClH/c1-42-56-38-72(32-28-52(56)44(3)66-62(42)54-36-50(77-5)24-26-58(54)70-66)40-60(75)69-30-14-9-15-31-74(34-35-79-49-22-20-47(21-23-49)64(46-16-10-7-11-17-46)65(68)48-18-12-8-13-19-48)61(76)41-73-33-29-53-45(4)67-63(43(2)57(53)39-73)55-37-51(78-6)25-27-59(55)71-67;;/h7-8,10-13,16-29,32-33,36-39H,9,14-15,30-31,34-35,40-41H2,1-6H3,(H,69,75);2*1H/b65-64+;;. The van der Waals surface area contributed by atoms with Crippen molar-refractivity contribution in [1.29, 1.82) is 0 Å². The first-order valence-corrected chi connectivity index (χ1v) is 27.5. The van der Waals surface area contributed by atoms with E-state index in [0.717, 1.165) is 129 Å². The zero-order chi connectivity index (χ0) is 54.7. The molecule has 4 heterocycles. The van der Waals surface area contributed by atoms with Crippen molar-refractivity contribution in [3.05, 3.63) is 197 Å². The monoisotopic (exact) mass is 1140 g/mol. The van der Waals surface area contributed by atoms with Crippen molar-refractivity contribution in [3.63, 3.8) is 0 Å². The van der Waals surface area contributed by atoms with Crippen LogP contribution in [0.3, 0.4) is 0 Å². The van der Waals surface area contributed by atoms with Gasteiger partial charge in [0.05, 0.1) is 36.8 Å². The third-order valence-electron chi connectivity index (χ3n) is 15.7. The van der Waals surface area contributed by atoms with Crippen molar-refractivity contribution in [2.75, 3.05) is 40.5 Å². The molecule has 11 rings (SSSR count). The largest absolute Gasteiger partial charge is 1.00 e. The van der Waals surface area contributed by atoms with Gasteiger partial charge >= 0.3 is 0 Å². The molecule has 81 heavy (non-hydrogen) atoms. The minimum Gasteiger partial charge on any atom is -1.00 e. The molecule has 0 aliphatic heterocycles. The third-order valence-corrected chi connectivity index (χ3v) is 16.1. The highest BCUT2D eigenvalue weighted by Crippen LogP contribution is 2.40. The molecule has 0 saturated heterocycles. The number of methoxy groups -OCH3 is 2. The number of pyridine rings is 2. The Morgan fingerprint density at radius 2 is 1.05 bits per heavy atom. The van der Waals surface area contributed by atoms with E-state index in [0.29, 0.717) is 37.0 Å². The summed E-state index contributed by atoms with van der Waals surface area (Å²) in [5.41, 5.74) is 12.8. The van der Waals surface area contributed by atoms with Gasteiger partial charge in [-0.25, -0.2) is 0 Å². The summed E-state index contributed by atoms with van der Waals surface area (Å²) in [6.45, 7) is 10.8. The number of amides is 2. The van der Waals surface area contributed by atoms with Gasteiger partial charge < -0.3 is 59.2 Å². The maximum absolute atomic E-state index is 14.5. The fraction of sp³-hybridized carbons (Fsp3) is 0.224. The van der Waals surface area contributed by atoms with Gasteiger partial charge in [0.25, 0.3) is 11.8 Å². The number of aromatic nitrogens is 4. The van der Waals surface area contributed by atoms with Gasteiger partial charge in [0.15, 0.2) is 24.8 Å². The normalized spacial score (nSPS) is 11.7. The molecular weight excluding hydrogens is 1080 g/mol. The molecule has 11 aromatic rings. The zero-order valence-electron chi connectivity index (χ0n) is 46.4. The van der Waals surface area contributed by atoms with Crippen LogP contribution in [-0.4, -0.2) is 67.1 Å². The molecule has 14 heteroatoms. The van der Waals surface area contributed by atoms with Crippen molar-refractivity contribution >= 4 is 99.2 Å². The van der Waals surface area contributed by atoms with E-state index in [1.54, 1.807) is 14.2 Å². The van der Waals surface area contributed by atoms with Crippen LogP contribution in [0.15, 0.2) is 158 Å². The maximum atomic E-state index is 14.5. The van der Waals surface area contributed by atoms with Crippen molar-refractivity contribution in [3.8, 4) is 17.2 Å². The van der Waals surface area contributed by atoms with E-state index >= 15 is 0 Å². The van der Waals surface area contributed by atoms with Crippen LogP contribution in [-0.2, 0) is 22.7 Å². The lowest BCUT2D eigenvalue weighted by Gasteiger charge is -2.22. The highest BCUT2D eigenvalue weighted by molar-refractivity contribution is 6.53. The zero-order valence-corrected chi connectivity index (χ0v) is 48.7. The van der Waals surface area contributed by atoms with Crippen LogP contribution in [0.4, 0.5) is 0 Å². The predicted octanol–water partition coefficient (Wildman–Crippen LogP) is 7.15. The Morgan fingerprint density at radius 3 is 1.59 bits per heavy atom. The number of nitrogens with zero attached hydrogens (tertiary/aromatic N) is 3. The maximum Gasteiger partial charge on any atom is 0.288 e. The quantitative estimate of drug-likeness (QED) is 0.0453. The number of hydrogen-bond acceptors (Lipinski definition) is 5. The van der Waals surface area contributed by atoms with E-state index < -0.39 is 0 Å². The molecule has 0 atom stereocenters. The van der Waals surface area contributed by atoms with E-state index in [4.69, 9.17) is 25.8 Å². The highest BCUT2D eigenvalue weighted by atomic mass is 35.5. The molecule has 0 aliphatic rings. The number of fused-ring (bicyclic) bond motifs is 8. The summed E-state index contributed by atoms with van der Waals surface area (Å²) in [6, 6.07) is 44.6. The van der Waals surface area contributed by atoms with E-state index in [2.05, 4.69) is 104 Å². The average Bonchev–Trinajstić information content (AvgIpc) is 4.31. The van der Waals surface area contributed by atoms with Gasteiger partial charge in [-0.2, -0.15) is 9.13 Å². The molecule has 7 aromatic carbocycles. The number of rotatable bonds is 19. The minimum atomic E-state index is -0.0479. The number of halogens is 3. The van der Waals surface area contributed by atoms with Crippen LogP contribution >= 0.6 is 11.6 Å². The number of unbranched alkanes of at least 4 members (excludes halogenated alkanes) is 2. The van der Waals surface area contributed by atoms with E-state index in [-0.39, 0.29) is 49.7 Å². The number of hydrogen-bond donors (Lipinski definition) is 3. The van der Waals surface area contributed by atoms with Crippen molar-refractivity contribution in [2.45, 2.75) is 60.0 Å². The molecule has 0 fully saturated rings. The summed E-state index contributed by atoms with van der Waals surface area (Å²) in [5.74, 6) is 2.27. The Kier molecular flexibility index (Phi) is 17.9. The Hall–Kier alpha value is -8.09. The molecule has 0 bridgehead atoms. The van der Waals surface area contributed by atoms with Crippen molar-refractivity contribution in [2.24, 2.45) is 0 Å². The molecule has 11 nitrogen and oxygen atoms in total. The first kappa shape index (κ1) is 57.6. The highest BCUT2D eigenvalue weighted by Gasteiger charge is 2.23. The van der Waals surface area contributed by atoms with Gasteiger partial charge in [-0.05, 0) is 145 Å². The van der Waals surface area contributed by atoms with E-state index in [9.17, 15) is 9.59 Å². The summed E-state index contributed by atoms with van der Waals surface area (Å²) in [4.78, 5) is 37.0. The van der Waals surface area contributed by atoms with Crippen LogP contribution < -0.4 is 53.5 Å². The lowest BCUT2D eigenvalue weighted by molar-refractivity contribution is -0.683. The van der Waals surface area contributed by atoms with E-state index in [1.807, 2.05) is 111 Å². The number of ether oxygens (including phenoxy) is 3. The molecule has 0 saturated carbocycles. The SMILES string of the molecule is COc1ccc2[nH]c3c(C)c4cc[n+](CC(=O)NCCCCCN(CCOc5ccc(/C(=C(/Cl)c6ccccc6)c6ccccc6)cc5)C(=O)C[n+]5ccc6c(C)c7[nH]c8ccc(OC)cc8c7c(C)c6c5)cc4c(C)c3c2c1.[Cl-].[Cl-]. The average molecular weight is 1140 g/mol. The first-order valence-electron chi connectivity index (χ1n) is 27.1. The van der Waals surface area contributed by atoms with Crippen LogP contribution in [0.2, 0.25) is 0 Å². The number of aromatic amines is 2. The Balaban J connectivity index is 0.00000396. The topological polar surface area (TPSA) is 116 Å².